The van der Waals surface area contributed by atoms with E-state index >= 15 is 0 Å². The van der Waals surface area contributed by atoms with E-state index in [-0.39, 0.29) is 5.91 Å². The van der Waals surface area contributed by atoms with E-state index in [0.717, 1.165) is 37.4 Å². The quantitative estimate of drug-likeness (QED) is 0.462. The minimum Gasteiger partial charge on any atom is -0.451 e. The van der Waals surface area contributed by atoms with Gasteiger partial charge in [-0.25, -0.2) is 10.0 Å². The number of fused-ring (bicyclic) bond motifs is 2. The number of hydrazone groups is 1. The molecule has 0 aliphatic carbocycles. The number of thioether (sulfide) groups is 1. The first-order valence-electron chi connectivity index (χ1n) is 8.51. The summed E-state index contributed by atoms with van der Waals surface area (Å²) in [5.41, 5.74) is 0.484. The smallest absolute Gasteiger partial charge is 0.276 e. The summed E-state index contributed by atoms with van der Waals surface area (Å²) in [5, 5.41) is 11.4. The number of benzene rings is 1. The summed E-state index contributed by atoms with van der Waals surface area (Å²) < 4.78 is 7.45. The van der Waals surface area contributed by atoms with Crippen molar-refractivity contribution >= 4 is 67.1 Å². The van der Waals surface area contributed by atoms with Crippen LogP contribution in [-0.4, -0.2) is 21.8 Å². The van der Waals surface area contributed by atoms with E-state index in [4.69, 9.17) is 14.5 Å². The fourth-order valence-corrected chi connectivity index (χ4v) is 4.61. The maximum atomic E-state index is 13.0. The molecule has 1 aromatic carbocycles. The minimum atomic E-state index is -0.509. The second kappa shape index (κ2) is 7.96. The summed E-state index contributed by atoms with van der Waals surface area (Å²) in [5.74, 6) is 1.38. The lowest BCUT2D eigenvalue weighted by Gasteiger charge is -2.32. The summed E-state index contributed by atoms with van der Waals surface area (Å²) in [7, 11) is 0. The second-order valence-corrected chi connectivity index (χ2v) is 9.12. The number of halogens is 2. The van der Waals surface area contributed by atoms with Crippen LogP contribution in [0.25, 0.3) is 5.70 Å². The number of hydrogen-bond donors (Lipinski definition) is 1. The Morgan fingerprint density at radius 2 is 2.22 bits per heavy atom. The lowest BCUT2D eigenvalue weighted by atomic mass is 10.1. The van der Waals surface area contributed by atoms with Crippen molar-refractivity contribution in [2.24, 2.45) is 10.1 Å². The van der Waals surface area contributed by atoms with Crippen molar-refractivity contribution < 1.29 is 9.21 Å². The van der Waals surface area contributed by atoms with Crippen molar-refractivity contribution in [3.05, 3.63) is 54.9 Å². The number of rotatable bonds is 4. The lowest BCUT2D eigenvalue weighted by molar-refractivity contribution is -0.116. The van der Waals surface area contributed by atoms with Crippen LogP contribution in [0, 0.1) is 3.77 Å². The van der Waals surface area contributed by atoms with Crippen molar-refractivity contribution in [1.29, 1.82) is 0 Å². The van der Waals surface area contributed by atoms with Crippen molar-refractivity contribution in [2.75, 3.05) is 5.75 Å². The first-order chi connectivity index (χ1) is 13.1. The molecule has 2 aliphatic heterocycles. The van der Waals surface area contributed by atoms with Crippen molar-refractivity contribution in [3.63, 3.8) is 0 Å². The Balaban J connectivity index is 1.85. The molecule has 1 amide bonds. The second-order valence-electron chi connectivity index (χ2n) is 6.06. The van der Waals surface area contributed by atoms with Crippen LogP contribution in [0.4, 0.5) is 0 Å². The van der Waals surface area contributed by atoms with Crippen molar-refractivity contribution in [1.82, 2.24) is 10.3 Å². The molecule has 0 saturated carbocycles. The zero-order chi connectivity index (χ0) is 19.0. The summed E-state index contributed by atoms with van der Waals surface area (Å²) in [4.78, 5) is 17.8. The van der Waals surface area contributed by atoms with Crippen LogP contribution in [0.5, 0.6) is 0 Å². The van der Waals surface area contributed by atoms with Gasteiger partial charge >= 0.3 is 0 Å². The number of nitrogens with zero attached hydrogens (tertiary/aromatic N) is 3. The zero-order valence-electron chi connectivity index (χ0n) is 14.4. The highest BCUT2D eigenvalue weighted by Gasteiger charge is 2.35. The van der Waals surface area contributed by atoms with Crippen LogP contribution in [0.2, 0.25) is 0 Å². The van der Waals surface area contributed by atoms with Gasteiger partial charge in [0.25, 0.3) is 5.91 Å². The first-order valence-corrected chi connectivity index (χ1v) is 11.4. The Labute approximate surface area is 182 Å². The van der Waals surface area contributed by atoms with Gasteiger partial charge in [-0.2, -0.15) is 0 Å². The fourth-order valence-electron chi connectivity index (χ4n) is 2.88. The van der Waals surface area contributed by atoms with Crippen LogP contribution in [0.3, 0.4) is 0 Å². The number of carbonyl (C=O) groups excluding carboxylic acids is 1. The molecule has 3 heterocycles. The SMILES string of the molecule is CCCCSC1=NN2C(=c3cc(Br)ccc3=NC2c2ccc(I)o2)C(=O)N1. The summed E-state index contributed by atoms with van der Waals surface area (Å²) in [6.45, 7) is 2.14. The number of nitrogens with one attached hydrogen (secondary N) is 1. The fraction of sp³-hybridized carbons (Fsp3) is 0.278. The summed E-state index contributed by atoms with van der Waals surface area (Å²) in [6, 6.07) is 9.47. The molecule has 6 nitrogen and oxygen atoms in total. The number of carbonyl (C=O) groups is 1. The normalized spacial score (nSPS) is 18.4. The highest BCUT2D eigenvalue weighted by Crippen LogP contribution is 2.32. The van der Waals surface area contributed by atoms with Gasteiger partial charge < -0.3 is 4.42 Å². The Kier molecular flexibility index (Phi) is 5.60. The first kappa shape index (κ1) is 19.0. The average Bonchev–Trinajstić information content (AvgIpc) is 3.07. The topological polar surface area (TPSA) is 70.2 Å². The van der Waals surface area contributed by atoms with E-state index < -0.39 is 6.17 Å². The molecular weight excluding hydrogens is 543 g/mol. The summed E-state index contributed by atoms with van der Waals surface area (Å²) in [6.07, 6.45) is 1.65. The third kappa shape index (κ3) is 3.81. The molecule has 2 aromatic rings. The number of furan rings is 1. The molecular formula is C18H16BrIN4O2S. The predicted octanol–water partition coefficient (Wildman–Crippen LogP) is 3.32. The summed E-state index contributed by atoms with van der Waals surface area (Å²) >= 11 is 7.15. The van der Waals surface area contributed by atoms with Gasteiger partial charge in [0.15, 0.2) is 14.7 Å². The molecule has 0 saturated heterocycles. The van der Waals surface area contributed by atoms with E-state index in [1.54, 1.807) is 16.8 Å². The van der Waals surface area contributed by atoms with Gasteiger partial charge in [0.05, 0.1) is 5.36 Å². The Bertz CT molecular complexity index is 1050. The van der Waals surface area contributed by atoms with Gasteiger partial charge in [0.1, 0.15) is 5.70 Å². The molecule has 1 aromatic heterocycles. The molecule has 9 heteroatoms. The highest BCUT2D eigenvalue weighted by atomic mass is 127. The van der Waals surface area contributed by atoms with Gasteiger partial charge in [-0.1, -0.05) is 41.0 Å². The molecule has 2 aliphatic rings. The Hall–Kier alpha value is -1.33. The molecule has 1 unspecified atom stereocenters. The van der Waals surface area contributed by atoms with Crippen LogP contribution < -0.4 is 15.9 Å². The number of unbranched alkanes of at least 4 members (excludes halogenated alkanes) is 1. The predicted molar refractivity (Wildman–Crippen MR) is 117 cm³/mol. The molecule has 140 valence electrons. The van der Waals surface area contributed by atoms with Crippen molar-refractivity contribution in [3.8, 4) is 0 Å². The monoisotopic (exact) mass is 558 g/mol. The van der Waals surface area contributed by atoms with Crippen LogP contribution >= 0.6 is 50.3 Å². The molecule has 27 heavy (non-hydrogen) atoms. The van der Waals surface area contributed by atoms with Crippen LogP contribution in [-0.2, 0) is 4.79 Å². The van der Waals surface area contributed by atoms with Gasteiger partial charge in [-0.05, 0) is 59.3 Å². The van der Waals surface area contributed by atoms with E-state index in [1.807, 2.05) is 30.3 Å². The number of hydrogen-bond acceptors (Lipinski definition) is 6. The van der Waals surface area contributed by atoms with E-state index in [0.29, 0.717) is 16.6 Å². The maximum absolute atomic E-state index is 13.0. The van der Waals surface area contributed by atoms with Crippen molar-refractivity contribution in [2.45, 2.75) is 25.9 Å². The van der Waals surface area contributed by atoms with E-state index in [9.17, 15) is 4.79 Å². The Morgan fingerprint density at radius 1 is 1.37 bits per heavy atom. The highest BCUT2D eigenvalue weighted by molar-refractivity contribution is 14.1. The molecule has 1 atom stereocenters. The van der Waals surface area contributed by atoms with Crippen LogP contribution in [0.1, 0.15) is 31.7 Å². The maximum Gasteiger partial charge on any atom is 0.276 e. The number of amidine groups is 1. The van der Waals surface area contributed by atoms with E-state index in [1.165, 1.54) is 0 Å². The number of amides is 1. The molecule has 0 radical (unpaired) electrons. The van der Waals surface area contributed by atoms with E-state index in [2.05, 4.69) is 50.8 Å². The third-order valence-electron chi connectivity index (χ3n) is 4.16. The Morgan fingerprint density at radius 3 is 2.96 bits per heavy atom. The average molecular weight is 559 g/mol. The standard InChI is InChI=1S/C18H16BrIN4O2S/c1-2-3-8-27-18-22-17(25)15-11-9-10(19)4-5-12(11)21-16(24(15)23-18)13-6-7-14(20)26-13/h4-7,9,16H,2-3,8H2,1H3,(H,22,23,25). The van der Waals surface area contributed by atoms with Crippen LogP contribution in [0.15, 0.2) is 49.3 Å². The van der Waals surface area contributed by atoms with Gasteiger partial charge in [-0.3, -0.25) is 10.1 Å². The largest absolute Gasteiger partial charge is 0.451 e. The molecule has 1 N–H and O–H groups in total. The minimum absolute atomic E-state index is 0.176. The lowest BCUT2D eigenvalue weighted by Crippen LogP contribution is -2.50. The zero-order valence-corrected chi connectivity index (χ0v) is 19.0. The third-order valence-corrected chi connectivity index (χ3v) is 6.18. The molecule has 0 spiro atoms. The molecule has 4 rings (SSSR count). The molecule has 0 fully saturated rings. The van der Waals surface area contributed by atoms with Gasteiger partial charge in [0.2, 0.25) is 6.17 Å². The van der Waals surface area contributed by atoms with Gasteiger partial charge in [0, 0.05) is 15.4 Å². The molecule has 0 bridgehead atoms. The van der Waals surface area contributed by atoms with Gasteiger partial charge in [-0.15, -0.1) is 5.10 Å².